The van der Waals surface area contributed by atoms with Crippen LogP contribution in [0.2, 0.25) is 0 Å². The van der Waals surface area contributed by atoms with E-state index in [-0.39, 0.29) is 15.9 Å². The fourth-order valence-electron chi connectivity index (χ4n) is 7.08. The summed E-state index contributed by atoms with van der Waals surface area (Å²) in [7, 11) is 9.63. The van der Waals surface area contributed by atoms with E-state index in [1.807, 2.05) is 12.2 Å². The van der Waals surface area contributed by atoms with E-state index < -0.39 is 0 Å². The van der Waals surface area contributed by atoms with Crippen LogP contribution >= 0.6 is 53.9 Å². The van der Waals surface area contributed by atoms with Crippen LogP contribution in [0.1, 0.15) is 153 Å². The Bertz CT molecular complexity index is 1220. The molecule has 0 atom stereocenters. The van der Waals surface area contributed by atoms with E-state index >= 15 is 0 Å². The summed E-state index contributed by atoms with van der Waals surface area (Å²) in [6.07, 6.45) is 14.2. The molecule has 2 aromatic rings. The fourth-order valence-corrected chi connectivity index (χ4v) is 7.66. The second-order valence-electron chi connectivity index (χ2n) is 12.4. The molecule has 0 N–H and O–H groups in total. The number of allylic oxidation sites excluding steroid dienone is 2. The van der Waals surface area contributed by atoms with Gasteiger partial charge in [-0.2, -0.15) is 6.20 Å². The Morgan fingerprint density at radius 1 is 0.612 bits per heavy atom. The molecular formula is C40H56Cl5N3Pd-2. The fraction of sp³-hybridized carbons (Fsp3) is 0.525. The van der Waals surface area contributed by atoms with Crippen molar-refractivity contribution in [1.82, 2.24) is 0 Å². The molecule has 4 rings (SSSR count). The van der Waals surface area contributed by atoms with Gasteiger partial charge in [-0.3, -0.25) is 0 Å². The molecule has 0 amide bonds. The van der Waals surface area contributed by atoms with E-state index in [1.54, 1.807) is 6.20 Å². The second-order valence-corrected chi connectivity index (χ2v) is 16.0. The summed E-state index contributed by atoms with van der Waals surface area (Å²) in [6, 6.07) is 13.7. The number of benzene rings is 2. The van der Waals surface area contributed by atoms with Gasteiger partial charge in [0.05, 0.1) is 0 Å². The Kier molecular flexibility index (Phi) is 21.4. The molecule has 0 aromatic heterocycles. The predicted octanol–water partition coefficient (Wildman–Crippen LogP) is 15.7. The Morgan fingerprint density at radius 2 is 0.918 bits per heavy atom. The average molecular weight is 863 g/mol. The van der Waals surface area contributed by atoms with Crippen molar-refractivity contribution in [2.75, 3.05) is 16.3 Å². The SMILES string of the molecule is CCC(CC)c1cccc(C(CC)CC)c1N1[CH-]N(c2c(C(CC)CC)cccc2C(CC)CC)C(Cl)=C1Cl.ClC1=CC=C[N-]C1.[Cl][Pd][Cl]. The number of nitrogens with zero attached hydrogens (tertiary/aromatic N) is 3. The third-order valence-corrected chi connectivity index (χ3v) is 11.0. The minimum atomic E-state index is -0.106. The van der Waals surface area contributed by atoms with Gasteiger partial charge < -0.3 is 15.1 Å². The standard InChI is InChI=1S/C35H51Cl2N2.C5H5ClN.2ClH.Pd/c1-9-24(10-2)28-19-17-20-29(25(11-3)12-4)32(28)38-23-39(35(37)34(38)36)33-30(26(13-5)14-6)21-18-22-31(33)27(15-7)16-8;6-5-2-1-3-7-4-5;;;/h17-27H,9-16H2,1-8H3;1-3H,4H2;2*1H;/q2*-1;;;+2/p-2. The van der Waals surface area contributed by atoms with Crippen molar-refractivity contribution < 1.29 is 15.9 Å². The first-order valence-electron chi connectivity index (χ1n) is 17.9. The van der Waals surface area contributed by atoms with Gasteiger partial charge in [0.1, 0.15) is 10.3 Å². The monoisotopic (exact) mass is 859 g/mol. The van der Waals surface area contributed by atoms with Crippen LogP contribution in [0, 0.1) is 6.67 Å². The van der Waals surface area contributed by atoms with Crippen molar-refractivity contribution in [2.45, 2.75) is 130 Å². The molecule has 49 heavy (non-hydrogen) atoms. The summed E-state index contributed by atoms with van der Waals surface area (Å²) in [5.74, 6) is 1.88. The number of hydrogen-bond donors (Lipinski definition) is 0. The molecule has 0 aliphatic carbocycles. The summed E-state index contributed by atoms with van der Waals surface area (Å²) in [4.78, 5) is 4.40. The summed E-state index contributed by atoms with van der Waals surface area (Å²) in [6.45, 7) is 21.2. The average Bonchev–Trinajstić information content (AvgIpc) is 3.41. The van der Waals surface area contributed by atoms with Crippen molar-refractivity contribution in [3.05, 3.63) is 104 Å². The molecule has 278 valence electrons. The van der Waals surface area contributed by atoms with Crippen LogP contribution in [0.4, 0.5) is 11.4 Å². The molecule has 0 spiro atoms. The maximum atomic E-state index is 7.23. The summed E-state index contributed by atoms with van der Waals surface area (Å²) < 4.78 is 0. The third-order valence-electron chi connectivity index (χ3n) is 9.92. The van der Waals surface area contributed by atoms with E-state index in [4.69, 9.17) is 53.9 Å². The van der Waals surface area contributed by atoms with E-state index in [0.717, 1.165) is 56.4 Å². The topological polar surface area (TPSA) is 20.6 Å². The van der Waals surface area contributed by atoms with Gasteiger partial charge in [-0.1, -0.05) is 145 Å². The zero-order valence-electron chi connectivity index (χ0n) is 30.5. The Balaban J connectivity index is 0.000000718. The van der Waals surface area contributed by atoms with Crippen LogP contribution in [0.15, 0.2) is 70.1 Å². The molecule has 0 radical (unpaired) electrons. The molecule has 0 unspecified atom stereocenters. The zero-order valence-corrected chi connectivity index (χ0v) is 35.8. The predicted molar refractivity (Wildman–Crippen MR) is 217 cm³/mol. The minimum absolute atomic E-state index is 0.106. The quantitative estimate of drug-likeness (QED) is 0.107. The van der Waals surface area contributed by atoms with E-state index in [0.29, 0.717) is 40.5 Å². The Morgan fingerprint density at radius 3 is 1.12 bits per heavy atom. The number of anilines is 2. The van der Waals surface area contributed by atoms with Gasteiger partial charge in [-0.15, -0.1) is 6.67 Å². The first-order chi connectivity index (χ1) is 23.7. The number of para-hydroxylation sites is 2. The van der Waals surface area contributed by atoms with Crippen LogP contribution in [0.3, 0.4) is 0 Å². The first kappa shape index (κ1) is 44.3. The van der Waals surface area contributed by atoms with Crippen molar-refractivity contribution in [2.24, 2.45) is 0 Å². The summed E-state index contributed by atoms with van der Waals surface area (Å²) in [5, 5.41) is 5.87. The van der Waals surface area contributed by atoms with Gasteiger partial charge in [0.15, 0.2) is 0 Å². The summed E-state index contributed by atoms with van der Waals surface area (Å²) in [5.41, 5.74) is 7.96. The van der Waals surface area contributed by atoms with E-state index in [2.05, 4.69) is 114 Å². The third kappa shape index (κ3) is 11.6. The van der Waals surface area contributed by atoms with Gasteiger partial charge in [-0.25, -0.2) is 0 Å². The maximum absolute atomic E-state index is 7.23. The van der Waals surface area contributed by atoms with Crippen molar-refractivity contribution in [3.63, 3.8) is 0 Å². The molecule has 0 fully saturated rings. The van der Waals surface area contributed by atoms with E-state index in [1.165, 1.54) is 33.6 Å². The number of halogens is 5. The second kappa shape index (κ2) is 23.7. The molecule has 2 aromatic carbocycles. The molecule has 0 saturated carbocycles. The van der Waals surface area contributed by atoms with Crippen molar-refractivity contribution >= 4 is 65.2 Å². The molecule has 0 saturated heterocycles. The van der Waals surface area contributed by atoms with Crippen LogP contribution in [-0.4, -0.2) is 6.54 Å². The Hall–Kier alpha value is -0.828. The van der Waals surface area contributed by atoms with Crippen LogP contribution in [0.5, 0.6) is 0 Å². The van der Waals surface area contributed by atoms with Gasteiger partial charge in [0.25, 0.3) is 0 Å². The van der Waals surface area contributed by atoms with Crippen LogP contribution in [-0.2, 0) is 15.9 Å². The van der Waals surface area contributed by atoms with Gasteiger partial charge in [-0.05, 0) is 97.3 Å². The molecule has 2 heterocycles. The molecule has 0 bridgehead atoms. The van der Waals surface area contributed by atoms with E-state index in [9.17, 15) is 0 Å². The van der Waals surface area contributed by atoms with Gasteiger partial charge in [0.2, 0.25) is 0 Å². The van der Waals surface area contributed by atoms with Crippen molar-refractivity contribution in [3.8, 4) is 0 Å². The number of hydrogen-bond acceptors (Lipinski definition) is 2. The number of rotatable bonds is 14. The van der Waals surface area contributed by atoms with Gasteiger partial charge in [0, 0.05) is 16.4 Å². The van der Waals surface area contributed by atoms with Crippen LogP contribution in [0.25, 0.3) is 5.32 Å². The van der Waals surface area contributed by atoms with Gasteiger partial charge >= 0.3 is 35.0 Å². The van der Waals surface area contributed by atoms with Crippen LogP contribution < -0.4 is 9.80 Å². The molecule has 3 nitrogen and oxygen atoms in total. The molecule has 2 aliphatic rings. The molecule has 2 aliphatic heterocycles. The zero-order chi connectivity index (χ0) is 36.5. The first-order valence-corrected chi connectivity index (χ1v) is 23.1. The normalized spacial score (nSPS) is 14.4. The molecular weight excluding hydrogens is 806 g/mol. The van der Waals surface area contributed by atoms with Crippen molar-refractivity contribution in [1.29, 1.82) is 0 Å². The summed E-state index contributed by atoms with van der Waals surface area (Å²) >= 11 is 19.9. The Labute approximate surface area is 329 Å². The molecule has 9 heteroatoms.